The van der Waals surface area contributed by atoms with Crippen LogP contribution in [0, 0.1) is 5.92 Å². The number of carbonyl (C=O) groups is 1. The maximum atomic E-state index is 12.6. The zero-order valence-electron chi connectivity index (χ0n) is 20.4. The minimum absolute atomic E-state index is 0.000469. The van der Waals surface area contributed by atoms with Crippen molar-refractivity contribution in [3.05, 3.63) is 24.0 Å². The van der Waals surface area contributed by atoms with Crippen LogP contribution < -0.4 is 5.32 Å². The Hall–Kier alpha value is -2.01. The van der Waals surface area contributed by atoms with E-state index in [1.54, 1.807) is 18.2 Å². The van der Waals surface area contributed by atoms with Gasteiger partial charge in [0, 0.05) is 59.2 Å². The zero-order chi connectivity index (χ0) is 24.2. The molecule has 0 radical (unpaired) electrons. The number of sulfonamides is 1. The number of hydrogen-bond acceptors (Lipinski definition) is 6. The SMILES string of the molecule is CCn1c(CCC(=O)NCC(C(C)C)N2CCOCC2)nc2cc(S(=O)(=O)N(C)C)ccc21. The third kappa shape index (κ3) is 5.92. The number of imidazole rings is 1. The molecule has 1 N–H and O–H groups in total. The number of amides is 1. The van der Waals surface area contributed by atoms with Crippen molar-refractivity contribution in [2.45, 2.75) is 51.1 Å². The van der Waals surface area contributed by atoms with Crippen LogP contribution in [0.4, 0.5) is 0 Å². The highest BCUT2D eigenvalue weighted by molar-refractivity contribution is 7.89. The Labute approximate surface area is 197 Å². The topological polar surface area (TPSA) is 96.8 Å². The molecular formula is C23H37N5O4S. The van der Waals surface area contributed by atoms with Crippen LogP contribution in [0.15, 0.2) is 23.1 Å². The molecule has 0 spiro atoms. The van der Waals surface area contributed by atoms with Gasteiger partial charge in [-0.1, -0.05) is 13.8 Å². The predicted octanol–water partition coefficient (Wildman–Crippen LogP) is 1.71. The number of aromatic nitrogens is 2. The fourth-order valence-electron chi connectivity index (χ4n) is 4.30. The predicted molar refractivity (Wildman–Crippen MR) is 129 cm³/mol. The highest BCUT2D eigenvalue weighted by Crippen LogP contribution is 2.23. The molecule has 1 saturated heterocycles. The van der Waals surface area contributed by atoms with Crippen LogP contribution in [0.1, 0.15) is 33.0 Å². The summed E-state index contributed by atoms with van der Waals surface area (Å²) in [5, 5.41) is 3.10. The lowest BCUT2D eigenvalue weighted by Gasteiger charge is -2.36. The van der Waals surface area contributed by atoms with Crippen LogP contribution in [0.3, 0.4) is 0 Å². The van der Waals surface area contributed by atoms with Crippen LogP contribution in [0.25, 0.3) is 11.0 Å². The molecule has 1 aromatic carbocycles. The number of benzene rings is 1. The van der Waals surface area contributed by atoms with Gasteiger partial charge >= 0.3 is 0 Å². The van der Waals surface area contributed by atoms with E-state index in [4.69, 9.17) is 4.74 Å². The highest BCUT2D eigenvalue weighted by Gasteiger charge is 2.24. The van der Waals surface area contributed by atoms with E-state index in [0.29, 0.717) is 37.4 Å². The summed E-state index contributed by atoms with van der Waals surface area (Å²) in [5.41, 5.74) is 1.50. The number of nitrogens with zero attached hydrogens (tertiary/aromatic N) is 4. The summed E-state index contributed by atoms with van der Waals surface area (Å²) >= 11 is 0. The van der Waals surface area contributed by atoms with Gasteiger partial charge in [0.1, 0.15) is 5.82 Å². The monoisotopic (exact) mass is 479 g/mol. The fourth-order valence-corrected chi connectivity index (χ4v) is 5.22. The molecule has 1 amide bonds. The number of rotatable bonds is 10. The minimum Gasteiger partial charge on any atom is -0.379 e. The van der Waals surface area contributed by atoms with Crippen molar-refractivity contribution < 1.29 is 17.9 Å². The molecule has 33 heavy (non-hydrogen) atoms. The largest absolute Gasteiger partial charge is 0.379 e. The summed E-state index contributed by atoms with van der Waals surface area (Å²) in [7, 11) is -0.506. The van der Waals surface area contributed by atoms with E-state index in [9.17, 15) is 13.2 Å². The normalized spacial score (nSPS) is 16.6. The van der Waals surface area contributed by atoms with Gasteiger partial charge in [0.2, 0.25) is 15.9 Å². The van der Waals surface area contributed by atoms with Gasteiger partial charge in [0.05, 0.1) is 29.1 Å². The average Bonchev–Trinajstić information content (AvgIpc) is 3.14. The molecular weight excluding hydrogens is 442 g/mol. The number of ether oxygens (including phenoxy) is 1. The second-order valence-corrected chi connectivity index (χ2v) is 11.1. The lowest BCUT2D eigenvalue weighted by Crippen LogP contribution is -2.51. The van der Waals surface area contributed by atoms with E-state index in [2.05, 4.69) is 29.0 Å². The first-order chi connectivity index (χ1) is 15.6. The lowest BCUT2D eigenvalue weighted by atomic mass is 10.0. The Morgan fingerprint density at radius 3 is 2.55 bits per heavy atom. The van der Waals surface area contributed by atoms with Gasteiger partial charge in [-0.05, 0) is 31.0 Å². The molecule has 184 valence electrons. The quantitative estimate of drug-likeness (QED) is 0.557. The van der Waals surface area contributed by atoms with Crippen LogP contribution in [0.5, 0.6) is 0 Å². The van der Waals surface area contributed by atoms with Crippen molar-refractivity contribution >= 4 is 27.0 Å². The third-order valence-electron chi connectivity index (χ3n) is 6.26. The Morgan fingerprint density at radius 2 is 1.94 bits per heavy atom. The van der Waals surface area contributed by atoms with Gasteiger partial charge in [0.25, 0.3) is 0 Å². The van der Waals surface area contributed by atoms with E-state index in [1.165, 1.54) is 18.4 Å². The molecule has 1 aromatic heterocycles. The molecule has 2 heterocycles. The number of carbonyl (C=O) groups excluding carboxylic acids is 1. The summed E-state index contributed by atoms with van der Waals surface area (Å²) in [4.78, 5) is 19.9. The van der Waals surface area contributed by atoms with Crippen molar-refractivity contribution in [3.63, 3.8) is 0 Å². The van der Waals surface area contributed by atoms with E-state index in [1.807, 2.05) is 11.5 Å². The maximum absolute atomic E-state index is 12.6. The number of nitrogens with one attached hydrogen (secondary N) is 1. The number of fused-ring (bicyclic) bond motifs is 1. The molecule has 0 saturated carbocycles. The first kappa shape index (κ1) is 25.6. The highest BCUT2D eigenvalue weighted by atomic mass is 32.2. The van der Waals surface area contributed by atoms with E-state index < -0.39 is 10.0 Å². The van der Waals surface area contributed by atoms with Crippen LogP contribution >= 0.6 is 0 Å². The Morgan fingerprint density at radius 1 is 1.24 bits per heavy atom. The summed E-state index contributed by atoms with van der Waals surface area (Å²) in [6, 6.07) is 5.30. The van der Waals surface area contributed by atoms with Crippen molar-refractivity contribution in [2.24, 2.45) is 5.92 Å². The second-order valence-electron chi connectivity index (χ2n) is 8.97. The van der Waals surface area contributed by atoms with Gasteiger partial charge in [-0.2, -0.15) is 0 Å². The van der Waals surface area contributed by atoms with Crippen molar-refractivity contribution in [2.75, 3.05) is 46.9 Å². The number of aryl methyl sites for hydroxylation is 2. The summed E-state index contributed by atoms with van der Waals surface area (Å²) < 4.78 is 33.6. The van der Waals surface area contributed by atoms with Gasteiger partial charge in [-0.15, -0.1) is 0 Å². The number of hydrogen-bond donors (Lipinski definition) is 1. The molecule has 2 aromatic rings. The van der Waals surface area contributed by atoms with Gasteiger partial charge < -0.3 is 14.6 Å². The smallest absolute Gasteiger partial charge is 0.242 e. The first-order valence-corrected chi connectivity index (χ1v) is 13.1. The summed E-state index contributed by atoms with van der Waals surface area (Å²) in [6.07, 6.45) is 0.827. The average molecular weight is 480 g/mol. The molecule has 0 aliphatic carbocycles. The van der Waals surface area contributed by atoms with Crippen LogP contribution in [0.2, 0.25) is 0 Å². The molecule has 3 rings (SSSR count). The van der Waals surface area contributed by atoms with E-state index >= 15 is 0 Å². The van der Waals surface area contributed by atoms with Crippen molar-refractivity contribution in [1.29, 1.82) is 0 Å². The summed E-state index contributed by atoms with van der Waals surface area (Å²) in [6.45, 7) is 11.0. The van der Waals surface area contributed by atoms with Gasteiger partial charge in [-0.3, -0.25) is 9.69 Å². The fraction of sp³-hybridized carbons (Fsp3) is 0.652. The first-order valence-electron chi connectivity index (χ1n) is 11.6. The van der Waals surface area contributed by atoms with Crippen molar-refractivity contribution in [3.8, 4) is 0 Å². The molecule has 10 heteroatoms. The lowest BCUT2D eigenvalue weighted by molar-refractivity contribution is -0.121. The molecule has 9 nitrogen and oxygen atoms in total. The van der Waals surface area contributed by atoms with Crippen LogP contribution in [-0.4, -0.2) is 86.1 Å². The number of morpholine rings is 1. The Bertz CT molecular complexity index is 1060. The molecule has 0 bridgehead atoms. The Kier molecular flexibility index (Phi) is 8.49. The third-order valence-corrected chi connectivity index (χ3v) is 8.07. The summed E-state index contributed by atoms with van der Waals surface area (Å²) in [5.74, 6) is 1.22. The van der Waals surface area contributed by atoms with Gasteiger partial charge in [0.15, 0.2) is 0 Å². The van der Waals surface area contributed by atoms with E-state index in [-0.39, 0.29) is 16.8 Å². The second kappa shape index (κ2) is 10.9. The Balaban J connectivity index is 1.66. The van der Waals surface area contributed by atoms with Gasteiger partial charge in [-0.25, -0.2) is 17.7 Å². The molecule has 1 unspecified atom stereocenters. The van der Waals surface area contributed by atoms with Crippen molar-refractivity contribution in [1.82, 2.24) is 24.1 Å². The minimum atomic E-state index is -3.53. The van der Waals surface area contributed by atoms with Crippen LogP contribution in [-0.2, 0) is 32.5 Å². The maximum Gasteiger partial charge on any atom is 0.242 e. The molecule has 1 atom stereocenters. The standard InChI is InChI=1S/C23H37N5O4S/c1-6-28-20-8-7-18(33(30,31)26(4)5)15-19(20)25-22(28)9-10-23(29)24-16-21(17(2)3)27-11-13-32-14-12-27/h7-8,15,17,21H,6,9-14,16H2,1-5H3,(H,24,29). The molecule has 1 fully saturated rings. The molecule has 1 aliphatic rings. The van der Waals surface area contributed by atoms with E-state index in [0.717, 1.165) is 37.6 Å². The zero-order valence-corrected chi connectivity index (χ0v) is 21.2. The molecule has 1 aliphatic heterocycles.